The second kappa shape index (κ2) is 7.84. The van der Waals surface area contributed by atoms with E-state index in [1.165, 1.54) is 0 Å². The van der Waals surface area contributed by atoms with Gasteiger partial charge < -0.3 is 5.32 Å². The van der Waals surface area contributed by atoms with Crippen LogP contribution >= 0.6 is 0 Å². The summed E-state index contributed by atoms with van der Waals surface area (Å²) >= 11 is 0. The maximum atomic E-state index is 12.5. The first-order chi connectivity index (χ1) is 10.1. The first kappa shape index (κ1) is 16.4. The Morgan fingerprint density at radius 3 is 3.00 bits per heavy atom. The first-order valence-electron chi connectivity index (χ1n) is 7.49. The molecule has 6 nitrogen and oxygen atoms in total. The molecule has 1 unspecified atom stereocenters. The number of nitrogens with one attached hydrogen (secondary N) is 2. The summed E-state index contributed by atoms with van der Waals surface area (Å²) in [5.74, 6) is 0. The van der Waals surface area contributed by atoms with Crippen LogP contribution in [0.2, 0.25) is 0 Å². The van der Waals surface area contributed by atoms with Crippen LogP contribution in [0.1, 0.15) is 31.7 Å². The third-order valence-corrected chi connectivity index (χ3v) is 5.30. The van der Waals surface area contributed by atoms with E-state index in [1.54, 1.807) is 22.8 Å². The van der Waals surface area contributed by atoms with Crippen LogP contribution in [-0.4, -0.2) is 43.4 Å². The van der Waals surface area contributed by atoms with E-state index in [-0.39, 0.29) is 12.6 Å². The Morgan fingerprint density at radius 2 is 2.29 bits per heavy atom. The lowest BCUT2D eigenvalue weighted by Gasteiger charge is -2.34. The molecule has 2 rings (SSSR count). The number of hydrogen-bond donors (Lipinski definition) is 2. The van der Waals surface area contributed by atoms with E-state index in [0.29, 0.717) is 13.1 Å². The second-order valence-electron chi connectivity index (χ2n) is 5.26. The molecule has 0 spiro atoms. The quantitative estimate of drug-likeness (QED) is 0.784. The van der Waals surface area contributed by atoms with Crippen molar-refractivity contribution in [3.8, 4) is 0 Å². The minimum Gasteiger partial charge on any atom is -0.315 e. The van der Waals surface area contributed by atoms with E-state index < -0.39 is 10.2 Å². The van der Waals surface area contributed by atoms with Gasteiger partial charge in [-0.1, -0.05) is 19.4 Å². The van der Waals surface area contributed by atoms with Crippen LogP contribution in [0.5, 0.6) is 0 Å². The maximum absolute atomic E-state index is 12.5. The van der Waals surface area contributed by atoms with Crippen molar-refractivity contribution in [2.75, 3.05) is 19.6 Å². The molecule has 0 aromatic carbocycles. The Balaban J connectivity index is 1.98. The van der Waals surface area contributed by atoms with Gasteiger partial charge in [0.05, 0.1) is 0 Å². The molecule has 1 saturated heterocycles. The van der Waals surface area contributed by atoms with Crippen LogP contribution in [0.3, 0.4) is 0 Å². The van der Waals surface area contributed by atoms with Gasteiger partial charge in [0.15, 0.2) is 0 Å². The minimum atomic E-state index is -3.45. The molecule has 1 aromatic heterocycles. The van der Waals surface area contributed by atoms with Crippen LogP contribution in [0.4, 0.5) is 0 Å². The third kappa shape index (κ3) is 4.74. The van der Waals surface area contributed by atoms with Crippen molar-refractivity contribution in [2.45, 2.75) is 38.8 Å². The van der Waals surface area contributed by atoms with Gasteiger partial charge in [0.1, 0.15) is 0 Å². The lowest BCUT2D eigenvalue weighted by molar-refractivity contribution is 0.243. The predicted octanol–water partition coefficient (Wildman–Crippen LogP) is 0.880. The predicted molar refractivity (Wildman–Crippen MR) is 82.9 cm³/mol. The van der Waals surface area contributed by atoms with Crippen molar-refractivity contribution < 1.29 is 8.42 Å². The molecule has 1 fully saturated rings. The number of hydrogen-bond acceptors (Lipinski definition) is 4. The summed E-state index contributed by atoms with van der Waals surface area (Å²) < 4.78 is 29.3. The molecule has 0 amide bonds. The summed E-state index contributed by atoms with van der Waals surface area (Å²) in [6, 6.07) is 3.71. The highest BCUT2D eigenvalue weighted by Crippen LogP contribution is 2.19. The molecule has 0 bridgehead atoms. The average Bonchev–Trinajstić information content (AvgIpc) is 2.52. The molecule has 1 aliphatic rings. The SMILES string of the molecule is CCNCC1CCCCN1S(=O)(=O)NCc1cccnc1. The molecule has 1 atom stereocenters. The summed E-state index contributed by atoms with van der Waals surface area (Å²) in [6.07, 6.45) is 6.28. The number of nitrogens with zero attached hydrogens (tertiary/aromatic N) is 2. The van der Waals surface area contributed by atoms with Crippen molar-refractivity contribution in [3.63, 3.8) is 0 Å². The van der Waals surface area contributed by atoms with Gasteiger partial charge in [-0.15, -0.1) is 0 Å². The smallest absolute Gasteiger partial charge is 0.280 e. The summed E-state index contributed by atoms with van der Waals surface area (Å²) in [7, 11) is -3.45. The van der Waals surface area contributed by atoms with Gasteiger partial charge in [-0.25, -0.2) is 0 Å². The number of rotatable bonds is 7. The zero-order valence-corrected chi connectivity index (χ0v) is 13.3. The molecule has 1 aromatic rings. The highest BCUT2D eigenvalue weighted by molar-refractivity contribution is 7.87. The van der Waals surface area contributed by atoms with Gasteiger partial charge in [-0.2, -0.15) is 17.4 Å². The highest BCUT2D eigenvalue weighted by Gasteiger charge is 2.31. The summed E-state index contributed by atoms with van der Waals surface area (Å²) in [4.78, 5) is 3.99. The number of likely N-dealkylation sites (N-methyl/N-ethyl adjacent to an activating group) is 1. The van der Waals surface area contributed by atoms with Crippen molar-refractivity contribution in [2.24, 2.45) is 0 Å². The minimum absolute atomic E-state index is 0.0464. The third-order valence-electron chi connectivity index (χ3n) is 3.69. The topological polar surface area (TPSA) is 74.3 Å². The molecule has 0 radical (unpaired) electrons. The lowest BCUT2D eigenvalue weighted by Crippen LogP contribution is -2.52. The average molecular weight is 312 g/mol. The van der Waals surface area contributed by atoms with Crippen LogP contribution in [0.25, 0.3) is 0 Å². The molecule has 118 valence electrons. The molecule has 2 heterocycles. The van der Waals surface area contributed by atoms with E-state index >= 15 is 0 Å². The zero-order chi connectivity index (χ0) is 15.1. The monoisotopic (exact) mass is 312 g/mol. The summed E-state index contributed by atoms with van der Waals surface area (Å²) in [6.45, 7) is 4.47. The fourth-order valence-corrected chi connectivity index (χ4v) is 4.02. The fourth-order valence-electron chi connectivity index (χ4n) is 2.57. The zero-order valence-electron chi connectivity index (χ0n) is 12.5. The van der Waals surface area contributed by atoms with Crippen LogP contribution < -0.4 is 10.0 Å². The molecular weight excluding hydrogens is 288 g/mol. The molecule has 21 heavy (non-hydrogen) atoms. The van der Waals surface area contributed by atoms with E-state index in [4.69, 9.17) is 0 Å². The molecule has 0 saturated carbocycles. The Labute approximate surface area is 127 Å². The maximum Gasteiger partial charge on any atom is 0.280 e. The van der Waals surface area contributed by atoms with Gasteiger partial charge in [0.25, 0.3) is 10.2 Å². The highest BCUT2D eigenvalue weighted by atomic mass is 32.2. The van der Waals surface area contributed by atoms with Crippen molar-refractivity contribution >= 4 is 10.2 Å². The molecule has 7 heteroatoms. The number of pyridine rings is 1. The summed E-state index contributed by atoms with van der Waals surface area (Å²) in [5.41, 5.74) is 0.862. The fraction of sp³-hybridized carbons (Fsp3) is 0.643. The Hall–Kier alpha value is -1.02. The van der Waals surface area contributed by atoms with Crippen molar-refractivity contribution in [1.82, 2.24) is 19.3 Å². The Kier molecular flexibility index (Phi) is 6.10. The van der Waals surface area contributed by atoms with E-state index in [1.807, 2.05) is 13.0 Å². The van der Waals surface area contributed by atoms with Gasteiger partial charge in [0.2, 0.25) is 0 Å². The van der Waals surface area contributed by atoms with Crippen LogP contribution in [0.15, 0.2) is 24.5 Å². The van der Waals surface area contributed by atoms with Gasteiger partial charge in [-0.05, 0) is 31.0 Å². The van der Waals surface area contributed by atoms with E-state index in [2.05, 4.69) is 15.0 Å². The molecule has 0 aliphatic carbocycles. The molecule has 2 N–H and O–H groups in total. The molecule has 1 aliphatic heterocycles. The summed E-state index contributed by atoms with van der Waals surface area (Å²) in [5, 5.41) is 3.25. The Bertz CT molecular complexity index is 521. The molecular formula is C14H24N4O2S. The normalized spacial score (nSPS) is 20.5. The lowest BCUT2D eigenvalue weighted by atomic mass is 10.1. The van der Waals surface area contributed by atoms with Crippen LogP contribution in [0, 0.1) is 0 Å². The van der Waals surface area contributed by atoms with Gasteiger partial charge in [-0.3, -0.25) is 4.98 Å². The number of piperidine rings is 1. The van der Waals surface area contributed by atoms with Crippen molar-refractivity contribution in [1.29, 1.82) is 0 Å². The second-order valence-corrected chi connectivity index (χ2v) is 6.96. The number of aromatic nitrogens is 1. The van der Waals surface area contributed by atoms with Crippen LogP contribution in [-0.2, 0) is 16.8 Å². The first-order valence-corrected chi connectivity index (χ1v) is 8.93. The van der Waals surface area contributed by atoms with E-state index in [0.717, 1.165) is 31.4 Å². The largest absolute Gasteiger partial charge is 0.315 e. The van der Waals surface area contributed by atoms with Gasteiger partial charge >= 0.3 is 0 Å². The standard InChI is InChI=1S/C14H24N4O2S/c1-2-15-12-14-7-3-4-9-18(14)21(19,20)17-11-13-6-5-8-16-10-13/h5-6,8,10,14-15,17H,2-4,7,9,11-12H2,1H3. The van der Waals surface area contributed by atoms with Crippen molar-refractivity contribution in [3.05, 3.63) is 30.1 Å². The van der Waals surface area contributed by atoms with Gasteiger partial charge in [0, 0.05) is 38.1 Å². The Morgan fingerprint density at radius 1 is 1.43 bits per heavy atom. The van der Waals surface area contributed by atoms with E-state index in [9.17, 15) is 8.42 Å².